The molecule has 0 amide bonds. The minimum absolute atomic E-state index is 0.288. The van der Waals surface area contributed by atoms with Crippen molar-refractivity contribution in [3.63, 3.8) is 0 Å². The second kappa shape index (κ2) is 7.50. The lowest BCUT2D eigenvalue weighted by molar-refractivity contribution is 0.377. The van der Waals surface area contributed by atoms with E-state index in [9.17, 15) is 5.11 Å². The van der Waals surface area contributed by atoms with E-state index in [2.05, 4.69) is 45.9 Å². The summed E-state index contributed by atoms with van der Waals surface area (Å²) < 4.78 is 0. The lowest BCUT2D eigenvalue weighted by Crippen LogP contribution is -2.19. The molecule has 2 rings (SSSR count). The Morgan fingerprint density at radius 3 is 2.70 bits per heavy atom. The zero-order valence-electron chi connectivity index (χ0n) is 14.8. The summed E-state index contributed by atoms with van der Waals surface area (Å²) >= 11 is 0. The summed E-state index contributed by atoms with van der Waals surface area (Å²) in [6.07, 6.45) is 14.4. The molecule has 1 aliphatic carbocycles. The molecule has 0 fully saturated rings. The van der Waals surface area contributed by atoms with Crippen LogP contribution in [-0.4, -0.2) is 5.11 Å². The number of rotatable bonds is 4. The van der Waals surface area contributed by atoms with Crippen molar-refractivity contribution in [2.75, 3.05) is 0 Å². The number of hydrogen-bond acceptors (Lipinski definition) is 1. The molecule has 0 heterocycles. The van der Waals surface area contributed by atoms with Gasteiger partial charge in [-0.05, 0) is 61.8 Å². The van der Waals surface area contributed by atoms with Crippen LogP contribution in [-0.2, 0) is 0 Å². The molecule has 1 aromatic rings. The Balaban J connectivity index is 2.07. The van der Waals surface area contributed by atoms with Gasteiger partial charge in [0.1, 0.15) is 5.75 Å². The van der Waals surface area contributed by atoms with Crippen molar-refractivity contribution in [1.82, 2.24) is 0 Å². The van der Waals surface area contributed by atoms with Crippen LogP contribution in [0.4, 0.5) is 0 Å². The van der Waals surface area contributed by atoms with E-state index in [4.69, 9.17) is 0 Å². The number of hydrogen-bond donors (Lipinski definition) is 1. The lowest BCUT2D eigenvalue weighted by atomic mass is 9.72. The van der Waals surface area contributed by atoms with Gasteiger partial charge < -0.3 is 5.11 Å². The van der Waals surface area contributed by atoms with Crippen molar-refractivity contribution in [2.45, 2.75) is 47.0 Å². The van der Waals surface area contributed by atoms with Crippen LogP contribution in [0.5, 0.6) is 5.75 Å². The first kappa shape index (κ1) is 17.3. The topological polar surface area (TPSA) is 20.2 Å². The minimum Gasteiger partial charge on any atom is -0.508 e. The predicted octanol–water partition coefficient (Wildman–Crippen LogP) is 6.43. The lowest BCUT2D eigenvalue weighted by Gasteiger charge is -2.32. The molecule has 0 bridgehead atoms. The average molecular weight is 308 g/mol. The summed E-state index contributed by atoms with van der Waals surface area (Å²) in [6.45, 7) is 9.07. The van der Waals surface area contributed by atoms with E-state index >= 15 is 0 Å². The first-order valence-corrected chi connectivity index (χ1v) is 8.41. The predicted molar refractivity (Wildman–Crippen MR) is 100 cm³/mol. The summed E-state index contributed by atoms with van der Waals surface area (Å²) in [5.74, 6) is 0.301. The molecule has 0 aliphatic heterocycles. The Morgan fingerprint density at radius 2 is 2.00 bits per heavy atom. The highest BCUT2D eigenvalue weighted by Gasteiger charge is 2.26. The molecule has 1 heteroatoms. The molecule has 0 radical (unpaired) electrons. The van der Waals surface area contributed by atoms with E-state index in [1.54, 1.807) is 12.1 Å². The van der Waals surface area contributed by atoms with Gasteiger partial charge in [0.25, 0.3) is 0 Å². The van der Waals surface area contributed by atoms with Gasteiger partial charge in [-0.3, -0.25) is 0 Å². The van der Waals surface area contributed by atoms with Crippen LogP contribution in [0.25, 0.3) is 6.08 Å². The van der Waals surface area contributed by atoms with Gasteiger partial charge in [0.2, 0.25) is 0 Å². The van der Waals surface area contributed by atoms with Gasteiger partial charge in [0.15, 0.2) is 0 Å². The maximum atomic E-state index is 9.46. The number of phenols is 1. The third-order valence-electron chi connectivity index (χ3n) is 4.57. The van der Waals surface area contributed by atoms with Gasteiger partial charge in [-0.25, -0.2) is 0 Å². The van der Waals surface area contributed by atoms with E-state index in [1.165, 1.54) is 36.0 Å². The molecule has 23 heavy (non-hydrogen) atoms. The summed E-state index contributed by atoms with van der Waals surface area (Å²) in [5, 5.41) is 9.46. The van der Waals surface area contributed by atoms with Crippen molar-refractivity contribution in [3.8, 4) is 5.75 Å². The Bertz CT molecular complexity index is 669. The van der Waals surface area contributed by atoms with Gasteiger partial charge in [-0.1, -0.05) is 67.5 Å². The van der Waals surface area contributed by atoms with E-state index in [0.717, 1.165) is 5.56 Å². The van der Waals surface area contributed by atoms with Gasteiger partial charge in [0.05, 0.1) is 0 Å². The Labute approximate surface area is 140 Å². The van der Waals surface area contributed by atoms with Crippen LogP contribution >= 0.6 is 0 Å². The average Bonchev–Trinajstić information content (AvgIpc) is 2.46. The molecule has 1 aromatic carbocycles. The van der Waals surface area contributed by atoms with Crippen LogP contribution < -0.4 is 0 Å². The quantitative estimate of drug-likeness (QED) is 0.635. The Hall–Kier alpha value is -2.02. The molecule has 0 saturated heterocycles. The molecule has 0 unspecified atom stereocenters. The summed E-state index contributed by atoms with van der Waals surface area (Å²) in [5.41, 5.74) is 5.54. The second-order valence-corrected chi connectivity index (χ2v) is 7.13. The fourth-order valence-corrected chi connectivity index (χ4v) is 3.22. The number of allylic oxidation sites excluding steroid dienone is 7. The van der Waals surface area contributed by atoms with Crippen LogP contribution in [0, 0.1) is 5.41 Å². The van der Waals surface area contributed by atoms with E-state index in [0.29, 0.717) is 5.75 Å². The molecular weight excluding hydrogens is 280 g/mol. The molecule has 122 valence electrons. The zero-order valence-corrected chi connectivity index (χ0v) is 14.8. The monoisotopic (exact) mass is 308 g/mol. The highest BCUT2D eigenvalue weighted by atomic mass is 16.3. The Morgan fingerprint density at radius 1 is 1.22 bits per heavy atom. The van der Waals surface area contributed by atoms with E-state index < -0.39 is 0 Å². The molecule has 0 atom stereocenters. The summed E-state index contributed by atoms with van der Waals surface area (Å²) in [4.78, 5) is 0. The number of benzene rings is 1. The fourth-order valence-electron chi connectivity index (χ4n) is 3.22. The maximum Gasteiger partial charge on any atom is 0.116 e. The van der Waals surface area contributed by atoms with Crippen molar-refractivity contribution in [1.29, 1.82) is 0 Å². The molecule has 0 spiro atoms. The van der Waals surface area contributed by atoms with Crippen molar-refractivity contribution in [2.24, 2.45) is 5.41 Å². The minimum atomic E-state index is 0.288. The SMILES string of the molecule is CC1=C(/C=C/C(C)=C/C=C\c2cccc(O)c2)C(C)(C)CCC1. The molecule has 0 saturated carbocycles. The Kier molecular flexibility index (Phi) is 5.65. The van der Waals surface area contributed by atoms with Gasteiger partial charge in [0, 0.05) is 0 Å². The third kappa shape index (κ3) is 4.99. The molecule has 1 N–H and O–H groups in total. The highest BCUT2D eigenvalue weighted by Crippen LogP contribution is 2.40. The smallest absolute Gasteiger partial charge is 0.116 e. The van der Waals surface area contributed by atoms with Gasteiger partial charge in [-0.2, -0.15) is 0 Å². The first-order chi connectivity index (χ1) is 10.9. The molecule has 1 nitrogen and oxygen atoms in total. The standard InChI is InChI=1S/C22H28O/c1-17(8-5-10-19-11-6-12-20(23)16-19)13-14-21-18(2)9-7-15-22(21,3)4/h5-6,8,10-14,16,23H,7,9,15H2,1-4H3/b10-5-,14-13+,17-8+. The van der Waals surface area contributed by atoms with Crippen LogP contribution in [0.2, 0.25) is 0 Å². The third-order valence-corrected chi connectivity index (χ3v) is 4.57. The second-order valence-electron chi connectivity index (χ2n) is 7.13. The fraction of sp³-hybridized carbons (Fsp3) is 0.364. The number of phenolic OH excluding ortho intramolecular Hbond substituents is 1. The maximum absolute atomic E-state index is 9.46. The molecule has 0 aromatic heterocycles. The van der Waals surface area contributed by atoms with E-state index in [-0.39, 0.29) is 5.41 Å². The van der Waals surface area contributed by atoms with Crippen molar-refractivity contribution < 1.29 is 5.11 Å². The van der Waals surface area contributed by atoms with Crippen LogP contribution in [0.3, 0.4) is 0 Å². The number of aromatic hydroxyl groups is 1. The van der Waals surface area contributed by atoms with Gasteiger partial charge >= 0.3 is 0 Å². The molecular formula is C22H28O. The zero-order chi connectivity index (χ0) is 16.9. The van der Waals surface area contributed by atoms with E-state index in [1.807, 2.05) is 24.3 Å². The normalized spacial score (nSPS) is 19.0. The van der Waals surface area contributed by atoms with Crippen LogP contribution in [0.15, 0.2) is 65.3 Å². The van der Waals surface area contributed by atoms with Crippen molar-refractivity contribution >= 4 is 6.08 Å². The van der Waals surface area contributed by atoms with Crippen molar-refractivity contribution in [3.05, 3.63) is 70.9 Å². The largest absolute Gasteiger partial charge is 0.508 e. The van der Waals surface area contributed by atoms with Crippen LogP contribution in [0.1, 0.15) is 52.5 Å². The van der Waals surface area contributed by atoms with Gasteiger partial charge in [-0.15, -0.1) is 0 Å². The highest BCUT2D eigenvalue weighted by molar-refractivity contribution is 5.53. The molecule has 1 aliphatic rings. The first-order valence-electron chi connectivity index (χ1n) is 8.41. The summed E-state index contributed by atoms with van der Waals surface area (Å²) in [6, 6.07) is 7.28. The summed E-state index contributed by atoms with van der Waals surface area (Å²) in [7, 11) is 0.